The van der Waals surface area contributed by atoms with Crippen LogP contribution >= 0.6 is 0 Å². The molecule has 0 aliphatic rings. The van der Waals surface area contributed by atoms with E-state index in [0.717, 1.165) is 5.56 Å². The Balaban J connectivity index is 2.33. The first-order valence-corrected chi connectivity index (χ1v) is 7.72. The normalized spacial score (nSPS) is 10.8. The fourth-order valence-electron chi connectivity index (χ4n) is 2.36. The second-order valence-electron chi connectivity index (χ2n) is 5.44. The van der Waals surface area contributed by atoms with Gasteiger partial charge in [-0.15, -0.1) is 0 Å². The SMILES string of the molecule is CCc1ccc(C=C(C#N)C(=O)Nc2ccccc2C)cc1[N+](=O)[O-]. The monoisotopic (exact) mass is 335 g/mol. The van der Waals surface area contributed by atoms with Crippen LogP contribution in [0.3, 0.4) is 0 Å². The van der Waals surface area contributed by atoms with Gasteiger partial charge in [-0.3, -0.25) is 14.9 Å². The Morgan fingerprint density at radius 2 is 2.04 bits per heavy atom. The zero-order chi connectivity index (χ0) is 18.4. The van der Waals surface area contributed by atoms with Crippen molar-refractivity contribution < 1.29 is 9.72 Å². The average Bonchev–Trinajstić information content (AvgIpc) is 2.61. The number of anilines is 1. The molecule has 2 aromatic rings. The van der Waals surface area contributed by atoms with Crippen LogP contribution in [0.4, 0.5) is 11.4 Å². The molecule has 0 bridgehead atoms. The highest BCUT2D eigenvalue weighted by Crippen LogP contribution is 2.23. The van der Waals surface area contributed by atoms with E-state index in [1.54, 1.807) is 24.3 Å². The summed E-state index contributed by atoms with van der Waals surface area (Å²) in [4.78, 5) is 23.0. The van der Waals surface area contributed by atoms with Crippen LogP contribution in [0.2, 0.25) is 0 Å². The molecule has 1 N–H and O–H groups in total. The van der Waals surface area contributed by atoms with Crippen molar-refractivity contribution in [2.24, 2.45) is 0 Å². The van der Waals surface area contributed by atoms with Gasteiger partial charge in [-0.25, -0.2) is 0 Å². The highest BCUT2D eigenvalue weighted by atomic mass is 16.6. The molecule has 1 amide bonds. The second-order valence-corrected chi connectivity index (χ2v) is 5.44. The van der Waals surface area contributed by atoms with Gasteiger partial charge in [-0.1, -0.05) is 37.3 Å². The number of hydrogen-bond acceptors (Lipinski definition) is 4. The van der Waals surface area contributed by atoms with Gasteiger partial charge >= 0.3 is 0 Å². The Bertz CT molecular complexity index is 895. The molecule has 6 heteroatoms. The number of nitrogens with one attached hydrogen (secondary N) is 1. The van der Waals surface area contributed by atoms with Crippen LogP contribution in [-0.2, 0) is 11.2 Å². The van der Waals surface area contributed by atoms with E-state index >= 15 is 0 Å². The molecule has 126 valence electrons. The summed E-state index contributed by atoms with van der Waals surface area (Å²) in [5, 5.41) is 23.1. The number of rotatable bonds is 5. The molecule has 2 aromatic carbocycles. The molecule has 0 fully saturated rings. The highest BCUT2D eigenvalue weighted by molar-refractivity contribution is 6.10. The van der Waals surface area contributed by atoms with Gasteiger partial charge in [0.25, 0.3) is 11.6 Å². The molecule has 0 aliphatic carbocycles. The van der Waals surface area contributed by atoms with Crippen LogP contribution in [0.25, 0.3) is 6.08 Å². The predicted molar refractivity (Wildman–Crippen MR) is 95.9 cm³/mol. The Morgan fingerprint density at radius 1 is 1.32 bits per heavy atom. The molecule has 25 heavy (non-hydrogen) atoms. The fourth-order valence-corrected chi connectivity index (χ4v) is 2.36. The summed E-state index contributed by atoms with van der Waals surface area (Å²) in [5.41, 5.74) is 2.37. The lowest BCUT2D eigenvalue weighted by molar-refractivity contribution is -0.385. The quantitative estimate of drug-likeness (QED) is 0.386. The molecule has 0 saturated carbocycles. The number of nitriles is 1. The molecule has 0 radical (unpaired) electrons. The minimum atomic E-state index is -0.556. The molecule has 2 rings (SSSR count). The number of carbonyl (C=O) groups excluding carboxylic acids is 1. The van der Waals surface area contributed by atoms with E-state index in [1.165, 1.54) is 12.1 Å². The van der Waals surface area contributed by atoms with Gasteiger partial charge in [0.15, 0.2) is 0 Å². The van der Waals surface area contributed by atoms with E-state index in [4.69, 9.17) is 0 Å². The van der Waals surface area contributed by atoms with E-state index in [-0.39, 0.29) is 11.3 Å². The third-order valence-electron chi connectivity index (χ3n) is 3.76. The first-order valence-electron chi connectivity index (χ1n) is 7.72. The summed E-state index contributed by atoms with van der Waals surface area (Å²) in [6.07, 6.45) is 1.87. The Kier molecular flexibility index (Phi) is 5.64. The van der Waals surface area contributed by atoms with Crippen LogP contribution in [0.1, 0.15) is 23.6 Å². The summed E-state index contributed by atoms with van der Waals surface area (Å²) < 4.78 is 0. The topological polar surface area (TPSA) is 96.0 Å². The summed E-state index contributed by atoms with van der Waals surface area (Å²) in [6, 6.07) is 13.7. The Morgan fingerprint density at radius 3 is 2.64 bits per heavy atom. The molecule has 0 atom stereocenters. The molecule has 0 spiro atoms. The van der Waals surface area contributed by atoms with Gasteiger partial charge in [-0.2, -0.15) is 5.26 Å². The van der Waals surface area contributed by atoms with Crippen molar-refractivity contribution in [3.05, 3.63) is 74.8 Å². The summed E-state index contributed by atoms with van der Waals surface area (Å²) in [5.74, 6) is -0.556. The van der Waals surface area contributed by atoms with Crippen LogP contribution in [0.15, 0.2) is 48.0 Å². The zero-order valence-corrected chi connectivity index (χ0v) is 13.9. The summed E-state index contributed by atoms with van der Waals surface area (Å²) in [7, 11) is 0. The van der Waals surface area contributed by atoms with E-state index in [1.807, 2.05) is 32.0 Å². The standard InChI is InChI=1S/C19H17N3O3/c1-3-15-9-8-14(11-18(15)22(24)25)10-16(12-20)19(23)21-17-7-5-4-6-13(17)2/h4-11H,3H2,1-2H3,(H,21,23). The lowest BCUT2D eigenvalue weighted by atomic mass is 10.0. The lowest BCUT2D eigenvalue weighted by Gasteiger charge is -2.07. The van der Waals surface area contributed by atoms with Crippen molar-refractivity contribution >= 4 is 23.4 Å². The first-order chi connectivity index (χ1) is 12.0. The maximum absolute atomic E-state index is 12.3. The minimum absolute atomic E-state index is 0.0205. The molecule has 0 aliphatic heterocycles. The van der Waals surface area contributed by atoms with E-state index < -0.39 is 10.8 Å². The van der Waals surface area contributed by atoms with Crippen molar-refractivity contribution in [2.75, 3.05) is 5.32 Å². The number of carbonyl (C=O) groups is 1. The van der Waals surface area contributed by atoms with Gasteiger partial charge in [0, 0.05) is 17.3 Å². The van der Waals surface area contributed by atoms with Crippen LogP contribution < -0.4 is 5.32 Å². The largest absolute Gasteiger partial charge is 0.321 e. The zero-order valence-electron chi connectivity index (χ0n) is 13.9. The lowest BCUT2D eigenvalue weighted by Crippen LogP contribution is -2.14. The number of nitro benzene ring substituents is 1. The maximum atomic E-state index is 12.3. The fraction of sp³-hybridized carbons (Fsp3) is 0.158. The highest BCUT2D eigenvalue weighted by Gasteiger charge is 2.15. The average molecular weight is 335 g/mol. The molecule has 0 unspecified atom stereocenters. The molecule has 0 aromatic heterocycles. The summed E-state index contributed by atoms with van der Waals surface area (Å²) in [6.45, 7) is 3.67. The molecule has 0 saturated heterocycles. The van der Waals surface area contributed by atoms with Gasteiger partial charge in [0.2, 0.25) is 0 Å². The van der Waals surface area contributed by atoms with E-state index in [0.29, 0.717) is 23.2 Å². The molecular weight excluding hydrogens is 318 g/mol. The van der Waals surface area contributed by atoms with Crippen molar-refractivity contribution in [3.63, 3.8) is 0 Å². The van der Waals surface area contributed by atoms with Crippen molar-refractivity contribution in [1.29, 1.82) is 5.26 Å². The molecule has 0 heterocycles. The second kappa shape index (κ2) is 7.88. The van der Waals surface area contributed by atoms with Gasteiger partial charge in [0.05, 0.1) is 4.92 Å². The smallest absolute Gasteiger partial charge is 0.273 e. The number of para-hydroxylation sites is 1. The Labute approximate surface area is 145 Å². The van der Waals surface area contributed by atoms with E-state index in [2.05, 4.69) is 5.32 Å². The third kappa shape index (κ3) is 4.30. The van der Waals surface area contributed by atoms with E-state index in [9.17, 15) is 20.2 Å². The molecular formula is C19H17N3O3. The van der Waals surface area contributed by atoms with Crippen molar-refractivity contribution in [1.82, 2.24) is 0 Å². The number of hydrogen-bond donors (Lipinski definition) is 1. The van der Waals surface area contributed by atoms with Gasteiger partial charge < -0.3 is 5.32 Å². The number of nitro groups is 1. The predicted octanol–water partition coefficient (Wildman–Crippen LogP) is 4.01. The van der Waals surface area contributed by atoms with Gasteiger partial charge in [0.1, 0.15) is 11.6 Å². The maximum Gasteiger partial charge on any atom is 0.273 e. The molecule has 6 nitrogen and oxygen atoms in total. The third-order valence-corrected chi connectivity index (χ3v) is 3.76. The summed E-state index contributed by atoms with van der Waals surface area (Å²) >= 11 is 0. The first kappa shape index (κ1) is 17.9. The number of benzene rings is 2. The van der Waals surface area contributed by atoms with Crippen molar-refractivity contribution in [3.8, 4) is 6.07 Å². The van der Waals surface area contributed by atoms with Crippen LogP contribution in [0, 0.1) is 28.4 Å². The van der Waals surface area contributed by atoms with Crippen LogP contribution in [0.5, 0.6) is 0 Å². The van der Waals surface area contributed by atoms with Crippen LogP contribution in [-0.4, -0.2) is 10.8 Å². The Hall–Kier alpha value is -3.46. The minimum Gasteiger partial charge on any atom is -0.321 e. The van der Waals surface area contributed by atoms with Gasteiger partial charge in [-0.05, 0) is 36.6 Å². The number of nitrogens with zero attached hydrogens (tertiary/aromatic N) is 2. The number of aryl methyl sites for hydroxylation is 2. The number of amides is 1. The van der Waals surface area contributed by atoms with Crippen molar-refractivity contribution in [2.45, 2.75) is 20.3 Å².